The molecule has 1 amide bonds. The van der Waals surface area contributed by atoms with Crippen molar-refractivity contribution in [1.29, 1.82) is 0 Å². The Bertz CT molecular complexity index is 2510. The monoisotopic (exact) mass is 1010 g/mol. The van der Waals surface area contributed by atoms with Crippen molar-refractivity contribution in [2.75, 3.05) is 59.3 Å². The Morgan fingerprint density at radius 2 is 1.62 bits per heavy atom. The minimum Gasteiger partial charge on any atom is -0.507 e. The lowest BCUT2D eigenvalue weighted by molar-refractivity contribution is -0.165. The second-order valence-electron chi connectivity index (χ2n) is 21.0. The van der Waals surface area contributed by atoms with E-state index < -0.39 is 88.9 Å². The van der Waals surface area contributed by atoms with Gasteiger partial charge in [-0.3, -0.25) is 24.2 Å². The number of aliphatic hydroxyl groups is 2. The number of rotatable bonds is 12. The van der Waals surface area contributed by atoms with Gasteiger partial charge in [-0.15, -0.1) is 0 Å². The molecule has 4 aliphatic rings. The maximum absolute atomic E-state index is 14.0. The van der Waals surface area contributed by atoms with Crippen molar-refractivity contribution in [2.45, 2.75) is 137 Å². The molecule has 0 radical (unpaired) electrons. The van der Waals surface area contributed by atoms with E-state index in [4.69, 9.17) is 28.7 Å². The number of esters is 2. The van der Waals surface area contributed by atoms with Crippen LogP contribution in [0.5, 0.6) is 17.2 Å². The number of methoxy groups -OCH3 is 1. The van der Waals surface area contributed by atoms with Crippen LogP contribution < -0.4 is 20.8 Å². The van der Waals surface area contributed by atoms with Gasteiger partial charge in [-0.2, -0.15) is 0 Å². The van der Waals surface area contributed by atoms with E-state index in [1.807, 2.05) is 19.0 Å². The van der Waals surface area contributed by atoms with Crippen molar-refractivity contribution in [2.24, 2.45) is 39.6 Å². The Morgan fingerprint density at radius 3 is 2.25 bits per heavy atom. The van der Waals surface area contributed by atoms with Crippen LogP contribution in [0, 0.1) is 36.5 Å². The van der Waals surface area contributed by atoms with Gasteiger partial charge in [0, 0.05) is 100 Å². The van der Waals surface area contributed by atoms with E-state index in [0.29, 0.717) is 50.2 Å². The Morgan fingerprint density at radius 1 is 0.958 bits per heavy atom. The SMILES string of the molecule is CO[C@H]1/C=C/OC(C)(C)Oc2c(C)c(O)c3c(O)c(c4c(c3c2C=O)NC2(CCN(CC(C)C)CC2)N=4)=NC(=O)/C(C)=C\C=C\[C@H](C)[C@H](O)[C@@H](C)[C@@H](O)[C@@H](C)[C@H](OC(=O)CCC(=O)OCCCN(C)C)[C@@H]1C. The number of nitrogens with one attached hydrogen (secondary N) is 1. The minimum atomic E-state index is -1.53. The lowest BCUT2D eigenvalue weighted by Crippen LogP contribution is -2.47. The fourth-order valence-electron chi connectivity index (χ4n) is 9.79. The lowest BCUT2D eigenvalue weighted by atomic mass is 9.78. The van der Waals surface area contributed by atoms with E-state index in [0.717, 1.165) is 13.1 Å². The number of aldehydes is 1. The number of aliphatic hydroxyl groups excluding tert-OH is 2. The zero-order valence-electron chi connectivity index (χ0n) is 44.5. The largest absolute Gasteiger partial charge is 0.507 e. The Balaban J connectivity index is 1.61. The smallest absolute Gasteiger partial charge is 0.306 e. The van der Waals surface area contributed by atoms with E-state index in [9.17, 15) is 39.6 Å². The van der Waals surface area contributed by atoms with Crippen molar-refractivity contribution in [3.05, 3.63) is 58.0 Å². The predicted molar refractivity (Wildman–Crippen MR) is 272 cm³/mol. The lowest BCUT2D eigenvalue weighted by Gasteiger charge is -2.38. The first-order valence-electron chi connectivity index (χ1n) is 25.2. The van der Waals surface area contributed by atoms with E-state index in [2.05, 4.69) is 29.1 Å². The fourth-order valence-corrected chi connectivity index (χ4v) is 9.79. The standard InChI is InChI=1S/C54H79N5O13/c1-30(2)28-59-24-21-54(22-25-59)56-43-41-37(29-60)51-36(8)48(65)42(41)49(66)45(44(43)57-54)55-52(67)32(4)17-14-16-31(3)46(63)34(6)47(64)35(7)50(33(5)38(68-13)20-27-70-53(9,10)72-51)71-40(62)19-18-39(61)69-26-15-23-58(11)12/h14,16-17,20,27,29-31,33-35,38,46-47,50,56,63-66H,15,18-19,21-26,28H2,1-13H3/b16-14+,27-20+,32-17-,55-45?/t31-,33+,34+,35+,38-,46-,47+,50+/m0/s1. The minimum absolute atomic E-state index is 0.0159. The number of aromatic hydroxyl groups is 2. The van der Waals surface area contributed by atoms with Crippen molar-refractivity contribution in [3.63, 3.8) is 0 Å². The molecule has 8 atom stereocenters. The zero-order chi connectivity index (χ0) is 53.4. The third-order valence-corrected chi connectivity index (χ3v) is 14.1. The summed E-state index contributed by atoms with van der Waals surface area (Å²) in [6, 6.07) is 0. The highest BCUT2D eigenvalue weighted by Crippen LogP contribution is 2.47. The number of carbonyl (C=O) groups excluding carboxylic acids is 4. The molecule has 18 heteroatoms. The number of piperidine rings is 1. The highest BCUT2D eigenvalue weighted by molar-refractivity contribution is 6.13. The fraction of sp³-hybridized carbons (Fsp3) is 0.630. The van der Waals surface area contributed by atoms with Crippen LogP contribution >= 0.6 is 0 Å². The summed E-state index contributed by atoms with van der Waals surface area (Å²) in [6.07, 6.45) is 5.46. The van der Waals surface area contributed by atoms with Crippen LogP contribution in [0.3, 0.4) is 0 Å². The van der Waals surface area contributed by atoms with Gasteiger partial charge in [0.15, 0.2) is 12.0 Å². The highest BCUT2D eigenvalue weighted by atomic mass is 16.7. The molecule has 5 N–H and O–H groups in total. The van der Waals surface area contributed by atoms with Crippen molar-refractivity contribution in [3.8, 4) is 17.2 Å². The molecule has 72 heavy (non-hydrogen) atoms. The summed E-state index contributed by atoms with van der Waals surface area (Å²) in [5.41, 5.74) is -0.317. The van der Waals surface area contributed by atoms with E-state index >= 15 is 0 Å². The summed E-state index contributed by atoms with van der Waals surface area (Å²) in [6.45, 7) is 20.8. The molecule has 398 valence electrons. The van der Waals surface area contributed by atoms with Gasteiger partial charge in [-0.1, -0.05) is 59.8 Å². The molecule has 0 aromatic heterocycles. The molecular formula is C54H79N5O13. The number of amides is 1. The van der Waals surface area contributed by atoms with Crippen LogP contribution in [-0.2, 0) is 33.3 Å². The third kappa shape index (κ3) is 13.6. The molecule has 2 aromatic rings. The summed E-state index contributed by atoms with van der Waals surface area (Å²) >= 11 is 0. The molecule has 1 fully saturated rings. The second-order valence-corrected chi connectivity index (χ2v) is 21.0. The molecular weight excluding hydrogens is 927 g/mol. The van der Waals surface area contributed by atoms with Gasteiger partial charge in [-0.25, -0.2) is 4.99 Å². The van der Waals surface area contributed by atoms with Gasteiger partial charge in [0.25, 0.3) is 5.91 Å². The third-order valence-electron chi connectivity index (χ3n) is 14.1. The number of fused-ring (bicyclic) bond motifs is 16. The second kappa shape index (κ2) is 24.5. The number of carbonyl (C=O) groups is 4. The van der Waals surface area contributed by atoms with Gasteiger partial charge in [0.2, 0.25) is 5.79 Å². The van der Waals surface area contributed by atoms with Crippen molar-refractivity contribution < 1.29 is 63.3 Å². The maximum Gasteiger partial charge on any atom is 0.306 e. The number of anilines is 1. The van der Waals surface area contributed by atoms with E-state index in [1.54, 1.807) is 66.7 Å². The molecule has 0 unspecified atom stereocenters. The van der Waals surface area contributed by atoms with Crippen LogP contribution in [0.25, 0.3) is 10.8 Å². The van der Waals surface area contributed by atoms with Crippen LogP contribution in [0.1, 0.15) is 110 Å². The molecule has 1 spiro atoms. The number of hydrogen-bond acceptors (Lipinski definition) is 17. The Labute approximate surface area is 423 Å². The molecule has 0 saturated carbocycles. The Kier molecular flexibility index (Phi) is 19.6. The normalized spacial score (nSPS) is 27.6. The number of hydrogen-bond donors (Lipinski definition) is 5. The molecule has 2 aromatic carbocycles. The molecule has 1 saturated heterocycles. The van der Waals surface area contributed by atoms with Gasteiger partial charge >= 0.3 is 11.9 Å². The van der Waals surface area contributed by atoms with Crippen LogP contribution in [0.4, 0.5) is 5.69 Å². The number of nitrogens with zero attached hydrogens (tertiary/aromatic N) is 4. The van der Waals surface area contributed by atoms with Gasteiger partial charge in [0.1, 0.15) is 34.0 Å². The van der Waals surface area contributed by atoms with Crippen molar-refractivity contribution >= 4 is 40.6 Å². The summed E-state index contributed by atoms with van der Waals surface area (Å²) in [5, 5.41) is 51.2. The predicted octanol–water partition coefficient (Wildman–Crippen LogP) is 5.64. The van der Waals surface area contributed by atoms with Crippen LogP contribution in [0.2, 0.25) is 0 Å². The molecule has 6 rings (SSSR count). The van der Waals surface area contributed by atoms with E-state index in [-0.39, 0.29) is 63.4 Å². The summed E-state index contributed by atoms with van der Waals surface area (Å²) in [4.78, 5) is 67.3. The first-order chi connectivity index (χ1) is 33.8. The number of phenols is 2. The Hall–Kier alpha value is -5.40. The number of ether oxygens (including phenoxy) is 5. The molecule has 4 aliphatic heterocycles. The van der Waals surface area contributed by atoms with Gasteiger partial charge in [-0.05, 0) is 46.4 Å². The zero-order valence-corrected chi connectivity index (χ0v) is 44.5. The van der Waals surface area contributed by atoms with Gasteiger partial charge in [0.05, 0.1) is 60.7 Å². The van der Waals surface area contributed by atoms with Crippen LogP contribution in [-0.4, -0.2) is 144 Å². The molecule has 4 heterocycles. The number of benzene rings is 2. The molecule has 0 aliphatic carbocycles. The number of allylic oxidation sites excluding steroid dienone is 2. The summed E-state index contributed by atoms with van der Waals surface area (Å²) in [5.74, 6) is -6.76. The van der Waals surface area contributed by atoms with Gasteiger partial charge < -0.3 is 59.2 Å². The summed E-state index contributed by atoms with van der Waals surface area (Å²) in [7, 11) is 5.29. The number of phenolic OH excluding ortho intramolecular Hbond substituents is 2. The average molecular weight is 1010 g/mol. The van der Waals surface area contributed by atoms with E-state index in [1.165, 1.54) is 26.4 Å². The molecule has 18 nitrogen and oxygen atoms in total. The quantitative estimate of drug-likeness (QED) is 0.0748. The maximum atomic E-state index is 14.0. The van der Waals surface area contributed by atoms with Crippen molar-refractivity contribution in [1.82, 2.24) is 9.80 Å². The summed E-state index contributed by atoms with van der Waals surface area (Å²) < 4.78 is 29.9. The highest BCUT2D eigenvalue weighted by Gasteiger charge is 2.42. The first kappa shape index (κ1) is 57.5. The van der Waals surface area contributed by atoms with Crippen LogP contribution in [0.15, 0.2) is 46.1 Å². The topological polar surface area (TPSA) is 239 Å². The average Bonchev–Trinajstić information content (AvgIpc) is 3.70. The number of likely N-dealkylation sites (tertiary alicyclic amines) is 1. The molecule has 4 bridgehead atoms. The first-order valence-corrected chi connectivity index (χ1v) is 25.2.